The number of carbonyl (C=O) groups is 1. The zero-order valence-electron chi connectivity index (χ0n) is 16.8. The van der Waals surface area contributed by atoms with E-state index in [2.05, 4.69) is 4.98 Å². The van der Waals surface area contributed by atoms with Gasteiger partial charge >= 0.3 is 0 Å². The van der Waals surface area contributed by atoms with Crippen molar-refractivity contribution in [1.29, 1.82) is 0 Å². The van der Waals surface area contributed by atoms with Crippen molar-refractivity contribution in [3.8, 4) is 22.1 Å². The van der Waals surface area contributed by atoms with Crippen LogP contribution in [0.15, 0.2) is 41.8 Å². The summed E-state index contributed by atoms with van der Waals surface area (Å²) in [6, 6.07) is 8.41. The van der Waals surface area contributed by atoms with E-state index in [1.165, 1.54) is 18.4 Å². The van der Waals surface area contributed by atoms with E-state index in [1.807, 2.05) is 0 Å². The van der Waals surface area contributed by atoms with Crippen LogP contribution in [0.2, 0.25) is 0 Å². The molecular formula is C22H20F2N2O4S. The molecule has 6 nitrogen and oxygen atoms in total. The van der Waals surface area contributed by atoms with Crippen molar-refractivity contribution < 1.29 is 27.8 Å². The molecule has 2 aromatic carbocycles. The second kappa shape index (κ2) is 9.40. The van der Waals surface area contributed by atoms with Crippen molar-refractivity contribution in [2.24, 2.45) is 0 Å². The van der Waals surface area contributed by atoms with Gasteiger partial charge in [0.2, 0.25) is 0 Å². The molecule has 0 spiro atoms. The van der Waals surface area contributed by atoms with Crippen LogP contribution in [-0.2, 0) is 11.3 Å². The molecule has 1 amide bonds. The van der Waals surface area contributed by atoms with Crippen LogP contribution in [0.3, 0.4) is 0 Å². The molecule has 3 aromatic rings. The first-order chi connectivity index (χ1) is 15.0. The molecule has 2 heterocycles. The van der Waals surface area contributed by atoms with Crippen LogP contribution in [0.4, 0.5) is 8.78 Å². The maximum absolute atomic E-state index is 13.8. The van der Waals surface area contributed by atoms with Gasteiger partial charge in [-0.05, 0) is 36.4 Å². The number of aromatic nitrogens is 1. The predicted octanol–water partition coefficient (Wildman–Crippen LogP) is 4.15. The summed E-state index contributed by atoms with van der Waals surface area (Å²) in [7, 11) is 1.49. The van der Waals surface area contributed by atoms with Gasteiger partial charge in [0.15, 0.2) is 11.5 Å². The lowest BCUT2D eigenvalue weighted by Gasteiger charge is -2.25. The van der Waals surface area contributed by atoms with Crippen LogP contribution >= 0.6 is 11.3 Å². The number of rotatable bonds is 6. The highest BCUT2D eigenvalue weighted by atomic mass is 32.1. The van der Waals surface area contributed by atoms with Crippen LogP contribution < -0.4 is 9.47 Å². The third-order valence-electron chi connectivity index (χ3n) is 4.82. The lowest BCUT2D eigenvalue weighted by molar-refractivity contribution is 0.0299. The number of amides is 1. The first-order valence-corrected chi connectivity index (χ1v) is 10.5. The summed E-state index contributed by atoms with van der Waals surface area (Å²) < 4.78 is 43.5. The Balaban J connectivity index is 1.49. The summed E-state index contributed by atoms with van der Waals surface area (Å²) >= 11 is 1.36. The van der Waals surface area contributed by atoms with Crippen LogP contribution in [0.5, 0.6) is 11.5 Å². The molecule has 1 aliphatic heterocycles. The van der Waals surface area contributed by atoms with Gasteiger partial charge in [-0.15, -0.1) is 11.3 Å². The van der Waals surface area contributed by atoms with Crippen LogP contribution in [0.1, 0.15) is 16.1 Å². The molecule has 0 aliphatic carbocycles. The molecule has 31 heavy (non-hydrogen) atoms. The molecule has 1 aliphatic rings. The second-order valence-corrected chi connectivity index (χ2v) is 7.69. The fraction of sp³-hybridized carbons (Fsp3) is 0.273. The highest BCUT2D eigenvalue weighted by Gasteiger charge is 2.21. The monoisotopic (exact) mass is 446 g/mol. The summed E-state index contributed by atoms with van der Waals surface area (Å²) in [6.45, 7) is 2.02. The van der Waals surface area contributed by atoms with Gasteiger partial charge < -0.3 is 19.1 Å². The SMILES string of the molecule is COc1cc(-c2nc(C(=O)N3CCOCC3)cs2)ccc1OCc1cc(F)ccc1F. The van der Waals surface area contributed by atoms with Crippen LogP contribution in [0, 0.1) is 11.6 Å². The van der Waals surface area contributed by atoms with E-state index in [-0.39, 0.29) is 18.1 Å². The van der Waals surface area contributed by atoms with Gasteiger partial charge in [0.25, 0.3) is 5.91 Å². The summed E-state index contributed by atoms with van der Waals surface area (Å²) in [6.07, 6.45) is 0. The van der Waals surface area contributed by atoms with Crippen LogP contribution in [0.25, 0.3) is 10.6 Å². The van der Waals surface area contributed by atoms with Crippen molar-refractivity contribution in [2.75, 3.05) is 33.4 Å². The van der Waals surface area contributed by atoms with E-state index in [1.54, 1.807) is 28.5 Å². The van der Waals surface area contributed by atoms with Crippen molar-refractivity contribution in [1.82, 2.24) is 9.88 Å². The van der Waals surface area contributed by atoms with Gasteiger partial charge in [-0.1, -0.05) is 0 Å². The first-order valence-electron chi connectivity index (χ1n) is 9.63. The van der Waals surface area contributed by atoms with Gasteiger partial charge in [0.1, 0.15) is 28.9 Å². The maximum Gasteiger partial charge on any atom is 0.273 e. The average Bonchev–Trinajstić information content (AvgIpc) is 3.30. The summed E-state index contributed by atoms with van der Waals surface area (Å²) in [5, 5.41) is 2.40. The molecule has 0 atom stereocenters. The molecule has 1 aromatic heterocycles. The molecule has 1 fully saturated rings. The predicted molar refractivity (Wildman–Crippen MR) is 112 cm³/mol. The fourth-order valence-electron chi connectivity index (χ4n) is 3.16. The van der Waals surface area contributed by atoms with Crippen molar-refractivity contribution in [2.45, 2.75) is 6.61 Å². The number of carbonyl (C=O) groups excluding carboxylic acids is 1. The van der Waals surface area contributed by atoms with E-state index < -0.39 is 11.6 Å². The topological polar surface area (TPSA) is 60.9 Å². The highest BCUT2D eigenvalue weighted by molar-refractivity contribution is 7.13. The molecule has 1 saturated heterocycles. The average molecular weight is 446 g/mol. The van der Waals surface area contributed by atoms with E-state index in [9.17, 15) is 13.6 Å². The molecule has 0 N–H and O–H groups in total. The Kier molecular flexibility index (Phi) is 6.43. The van der Waals surface area contributed by atoms with E-state index in [0.717, 1.165) is 23.8 Å². The van der Waals surface area contributed by atoms with Gasteiger partial charge in [-0.3, -0.25) is 4.79 Å². The molecule has 0 radical (unpaired) electrons. The highest BCUT2D eigenvalue weighted by Crippen LogP contribution is 2.34. The van der Waals surface area contributed by atoms with E-state index in [4.69, 9.17) is 14.2 Å². The van der Waals surface area contributed by atoms with Crippen molar-refractivity contribution in [3.05, 3.63) is 64.7 Å². The molecule has 0 saturated carbocycles. The number of hydrogen-bond donors (Lipinski definition) is 0. The molecule has 162 valence electrons. The molecular weight excluding hydrogens is 426 g/mol. The molecule has 9 heteroatoms. The van der Waals surface area contributed by atoms with Gasteiger partial charge in [-0.25, -0.2) is 13.8 Å². The second-order valence-electron chi connectivity index (χ2n) is 6.83. The number of thiazole rings is 1. The van der Waals surface area contributed by atoms with Gasteiger partial charge in [0.05, 0.1) is 20.3 Å². The minimum Gasteiger partial charge on any atom is -0.493 e. The molecule has 0 unspecified atom stereocenters. The van der Waals surface area contributed by atoms with Crippen LogP contribution in [-0.4, -0.2) is 49.2 Å². The lowest BCUT2D eigenvalue weighted by atomic mass is 10.2. The Bertz CT molecular complexity index is 1080. The van der Waals surface area contributed by atoms with Gasteiger partial charge in [0, 0.05) is 29.6 Å². The minimum absolute atomic E-state index is 0.109. The Hall–Kier alpha value is -3.04. The zero-order valence-corrected chi connectivity index (χ0v) is 17.6. The number of hydrogen-bond acceptors (Lipinski definition) is 6. The Morgan fingerprint density at radius 3 is 2.74 bits per heavy atom. The smallest absolute Gasteiger partial charge is 0.273 e. The number of methoxy groups -OCH3 is 1. The third-order valence-corrected chi connectivity index (χ3v) is 5.71. The Morgan fingerprint density at radius 1 is 1.16 bits per heavy atom. The summed E-state index contributed by atoms with van der Waals surface area (Å²) in [4.78, 5) is 18.8. The largest absolute Gasteiger partial charge is 0.493 e. The first kappa shape index (κ1) is 21.2. The fourth-order valence-corrected chi connectivity index (χ4v) is 3.95. The third kappa shape index (κ3) is 4.83. The Morgan fingerprint density at radius 2 is 1.97 bits per heavy atom. The summed E-state index contributed by atoms with van der Waals surface area (Å²) in [5.74, 6) is -0.387. The summed E-state index contributed by atoms with van der Waals surface area (Å²) in [5.41, 5.74) is 1.26. The number of halogens is 2. The Labute approximate surface area is 182 Å². The zero-order chi connectivity index (χ0) is 21.8. The normalized spacial score (nSPS) is 13.8. The van der Waals surface area contributed by atoms with E-state index in [0.29, 0.717) is 48.5 Å². The van der Waals surface area contributed by atoms with Gasteiger partial charge in [-0.2, -0.15) is 0 Å². The molecule has 0 bridgehead atoms. The number of nitrogens with zero attached hydrogens (tertiary/aromatic N) is 2. The van der Waals surface area contributed by atoms with Crippen molar-refractivity contribution >= 4 is 17.2 Å². The van der Waals surface area contributed by atoms with Crippen molar-refractivity contribution in [3.63, 3.8) is 0 Å². The van der Waals surface area contributed by atoms with E-state index >= 15 is 0 Å². The number of ether oxygens (including phenoxy) is 3. The maximum atomic E-state index is 13.8. The standard InChI is InChI=1S/C22H20F2N2O4S/c1-28-20-11-14(2-5-19(20)30-12-15-10-16(23)3-4-17(15)24)21-25-18(13-31-21)22(27)26-6-8-29-9-7-26/h2-5,10-11,13H,6-9,12H2,1H3. The lowest BCUT2D eigenvalue weighted by Crippen LogP contribution is -2.40. The quantitative estimate of drug-likeness (QED) is 0.569. The molecule has 4 rings (SSSR count). The minimum atomic E-state index is -0.544. The number of benzene rings is 2. The number of morpholine rings is 1.